The number of aromatic nitrogens is 4. The van der Waals surface area contributed by atoms with E-state index in [1.54, 1.807) is 22.9 Å². The molecule has 3 rings (SSSR count). The standard InChI is InChI=1S/C12H14ClN5O2S/c13-8-1-2-10(11(14)7-8)12-15-16-17-18(12)9-3-5-21(19,20)6-4-9/h1-2,7,9H,3-6,14H2. The van der Waals surface area contributed by atoms with Gasteiger partial charge in [-0.25, -0.2) is 13.1 Å². The molecule has 0 bridgehead atoms. The van der Waals surface area contributed by atoms with Gasteiger partial charge in [0.25, 0.3) is 0 Å². The average Bonchev–Trinajstić information content (AvgIpc) is 2.88. The topological polar surface area (TPSA) is 104 Å². The third-order valence-electron chi connectivity index (χ3n) is 3.62. The first-order valence-corrected chi connectivity index (χ1v) is 8.70. The van der Waals surface area contributed by atoms with Gasteiger partial charge in [-0.1, -0.05) is 11.6 Å². The first kappa shape index (κ1) is 14.3. The second-order valence-electron chi connectivity index (χ2n) is 5.06. The van der Waals surface area contributed by atoms with Crippen LogP contribution in [0.1, 0.15) is 18.9 Å². The van der Waals surface area contributed by atoms with Crippen molar-refractivity contribution >= 4 is 27.1 Å². The summed E-state index contributed by atoms with van der Waals surface area (Å²) in [4.78, 5) is 0. The van der Waals surface area contributed by atoms with E-state index < -0.39 is 9.84 Å². The lowest BCUT2D eigenvalue weighted by Crippen LogP contribution is -2.26. The Morgan fingerprint density at radius 3 is 2.67 bits per heavy atom. The van der Waals surface area contributed by atoms with E-state index in [0.29, 0.717) is 34.9 Å². The van der Waals surface area contributed by atoms with Gasteiger partial charge in [0.2, 0.25) is 0 Å². The van der Waals surface area contributed by atoms with Crippen LogP contribution in [0.2, 0.25) is 5.02 Å². The molecule has 112 valence electrons. The lowest BCUT2D eigenvalue weighted by molar-refractivity contribution is 0.408. The third kappa shape index (κ3) is 2.86. The van der Waals surface area contributed by atoms with Crippen LogP contribution in [0.3, 0.4) is 0 Å². The summed E-state index contributed by atoms with van der Waals surface area (Å²) in [6.07, 6.45) is 1.02. The van der Waals surface area contributed by atoms with Crippen LogP contribution in [-0.2, 0) is 9.84 Å². The maximum absolute atomic E-state index is 11.5. The van der Waals surface area contributed by atoms with Crippen molar-refractivity contribution in [3.63, 3.8) is 0 Å². The Bertz CT molecular complexity index is 760. The van der Waals surface area contributed by atoms with Crippen molar-refractivity contribution in [1.29, 1.82) is 0 Å². The van der Waals surface area contributed by atoms with Crippen molar-refractivity contribution < 1.29 is 8.42 Å². The SMILES string of the molecule is Nc1cc(Cl)ccc1-c1nnnn1C1CCS(=O)(=O)CC1. The molecule has 2 N–H and O–H groups in total. The Balaban J connectivity index is 1.94. The Labute approximate surface area is 127 Å². The summed E-state index contributed by atoms with van der Waals surface area (Å²) < 4.78 is 24.7. The molecule has 1 fully saturated rings. The number of nitrogen functional groups attached to an aromatic ring is 1. The average molecular weight is 328 g/mol. The largest absolute Gasteiger partial charge is 0.398 e. The van der Waals surface area contributed by atoms with Crippen molar-refractivity contribution in [3.8, 4) is 11.4 Å². The van der Waals surface area contributed by atoms with Gasteiger partial charge in [-0.2, -0.15) is 0 Å². The van der Waals surface area contributed by atoms with Crippen LogP contribution in [0.25, 0.3) is 11.4 Å². The number of hydrogen-bond acceptors (Lipinski definition) is 6. The molecule has 0 aliphatic carbocycles. The Hall–Kier alpha value is -1.67. The molecule has 21 heavy (non-hydrogen) atoms. The monoisotopic (exact) mass is 327 g/mol. The van der Waals surface area contributed by atoms with Gasteiger partial charge in [0.05, 0.1) is 17.5 Å². The highest BCUT2D eigenvalue weighted by Crippen LogP contribution is 2.31. The molecule has 9 heteroatoms. The minimum absolute atomic E-state index is 0.0337. The lowest BCUT2D eigenvalue weighted by Gasteiger charge is -2.22. The molecule has 7 nitrogen and oxygen atoms in total. The van der Waals surface area contributed by atoms with Crippen molar-refractivity contribution in [2.75, 3.05) is 17.2 Å². The summed E-state index contributed by atoms with van der Waals surface area (Å²) >= 11 is 5.89. The van der Waals surface area contributed by atoms with E-state index in [9.17, 15) is 8.42 Å². The zero-order valence-electron chi connectivity index (χ0n) is 11.1. The second-order valence-corrected chi connectivity index (χ2v) is 7.80. The molecular weight excluding hydrogens is 314 g/mol. The van der Waals surface area contributed by atoms with Crippen molar-refractivity contribution in [2.24, 2.45) is 0 Å². The molecule has 1 aliphatic heterocycles. The number of rotatable bonds is 2. The summed E-state index contributed by atoms with van der Waals surface area (Å²) in [5.41, 5.74) is 7.15. The molecule has 1 aromatic carbocycles. The quantitative estimate of drug-likeness (QED) is 0.834. The normalized spacial score (nSPS) is 18.7. The van der Waals surface area contributed by atoms with Crippen LogP contribution in [0.15, 0.2) is 18.2 Å². The molecule has 2 aromatic rings. The number of nitrogens with zero attached hydrogens (tertiary/aromatic N) is 4. The number of benzene rings is 1. The van der Waals surface area contributed by atoms with E-state index in [2.05, 4.69) is 15.5 Å². The Morgan fingerprint density at radius 2 is 2.00 bits per heavy atom. The van der Waals surface area contributed by atoms with Crippen LogP contribution in [0.4, 0.5) is 5.69 Å². The smallest absolute Gasteiger partial charge is 0.184 e. The van der Waals surface area contributed by atoms with E-state index in [1.807, 2.05) is 0 Å². The van der Waals surface area contributed by atoms with Crippen LogP contribution in [0.5, 0.6) is 0 Å². The minimum atomic E-state index is -2.92. The third-order valence-corrected chi connectivity index (χ3v) is 5.57. The maximum Gasteiger partial charge on any atom is 0.184 e. The van der Waals surface area contributed by atoms with Gasteiger partial charge >= 0.3 is 0 Å². The zero-order chi connectivity index (χ0) is 15.0. The molecule has 0 amide bonds. The van der Waals surface area contributed by atoms with Gasteiger partial charge in [0.1, 0.15) is 9.84 Å². The summed E-state index contributed by atoms with van der Waals surface area (Å²) in [5, 5.41) is 12.3. The molecular formula is C12H14ClN5O2S. The van der Waals surface area contributed by atoms with Crippen LogP contribution >= 0.6 is 11.6 Å². The van der Waals surface area contributed by atoms with Crippen molar-refractivity contribution in [3.05, 3.63) is 23.2 Å². The Morgan fingerprint density at radius 1 is 1.29 bits per heavy atom. The molecule has 0 atom stereocenters. The second kappa shape index (κ2) is 5.27. The highest BCUT2D eigenvalue weighted by molar-refractivity contribution is 7.91. The highest BCUT2D eigenvalue weighted by Gasteiger charge is 2.28. The fraction of sp³-hybridized carbons (Fsp3) is 0.417. The van der Waals surface area contributed by atoms with Crippen molar-refractivity contribution in [1.82, 2.24) is 20.2 Å². The number of tetrazole rings is 1. The van der Waals surface area contributed by atoms with E-state index in [-0.39, 0.29) is 17.5 Å². The molecule has 1 aromatic heterocycles. The molecule has 2 heterocycles. The number of nitrogens with two attached hydrogens (primary N) is 1. The van der Waals surface area contributed by atoms with E-state index in [1.165, 1.54) is 0 Å². The first-order valence-electron chi connectivity index (χ1n) is 6.50. The number of anilines is 1. The van der Waals surface area contributed by atoms with Crippen molar-refractivity contribution in [2.45, 2.75) is 18.9 Å². The fourth-order valence-corrected chi connectivity index (χ4v) is 4.12. The predicted octanol–water partition coefficient (Wildman–Crippen LogP) is 1.33. The Kier molecular flexibility index (Phi) is 3.58. The zero-order valence-corrected chi connectivity index (χ0v) is 12.7. The van der Waals surface area contributed by atoms with Gasteiger partial charge < -0.3 is 5.73 Å². The summed E-state index contributed by atoms with van der Waals surface area (Å²) in [6, 6.07) is 5.09. The van der Waals surface area contributed by atoms with Gasteiger partial charge in [0.15, 0.2) is 5.82 Å². The number of sulfone groups is 1. The van der Waals surface area contributed by atoms with E-state index in [0.717, 1.165) is 0 Å². The number of halogens is 1. The molecule has 0 spiro atoms. The van der Waals surface area contributed by atoms with Gasteiger partial charge in [0, 0.05) is 16.3 Å². The lowest BCUT2D eigenvalue weighted by atomic mass is 10.1. The molecule has 0 unspecified atom stereocenters. The fourth-order valence-electron chi connectivity index (χ4n) is 2.48. The minimum Gasteiger partial charge on any atom is -0.398 e. The molecule has 0 radical (unpaired) electrons. The molecule has 1 aliphatic rings. The van der Waals surface area contributed by atoms with E-state index >= 15 is 0 Å². The number of hydrogen-bond donors (Lipinski definition) is 1. The molecule has 0 saturated carbocycles. The highest BCUT2D eigenvalue weighted by atomic mass is 35.5. The van der Waals surface area contributed by atoms with Gasteiger partial charge in [-0.3, -0.25) is 0 Å². The first-order chi connectivity index (χ1) is 9.96. The van der Waals surface area contributed by atoms with Crippen LogP contribution in [-0.4, -0.2) is 40.1 Å². The van der Waals surface area contributed by atoms with E-state index in [4.69, 9.17) is 17.3 Å². The maximum atomic E-state index is 11.5. The van der Waals surface area contributed by atoms with Crippen LogP contribution in [0, 0.1) is 0 Å². The molecule has 1 saturated heterocycles. The van der Waals surface area contributed by atoms with Crippen LogP contribution < -0.4 is 5.73 Å². The predicted molar refractivity (Wildman–Crippen MR) is 79.6 cm³/mol. The van der Waals surface area contributed by atoms with Gasteiger partial charge in [-0.15, -0.1) is 5.10 Å². The van der Waals surface area contributed by atoms with Gasteiger partial charge in [-0.05, 0) is 41.5 Å². The summed E-state index contributed by atoms with van der Waals surface area (Å²) in [7, 11) is -2.92. The summed E-state index contributed by atoms with van der Waals surface area (Å²) in [6.45, 7) is 0. The summed E-state index contributed by atoms with van der Waals surface area (Å²) in [5.74, 6) is 0.855.